The average Bonchev–Trinajstić information content (AvgIpc) is 2.44. The average molecular weight is 302 g/mol. The number of rotatable bonds is 6. The number of thioether (sulfide) groups is 1. The number of carboxylic acids is 1. The second-order valence-corrected chi connectivity index (χ2v) is 7.45. The molecule has 1 fully saturated rings. The Bertz CT molecular complexity index is 352. The lowest BCUT2D eigenvalue weighted by molar-refractivity contribution is -0.146. The predicted octanol–water partition coefficient (Wildman–Crippen LogP) is 2.46. The van der Waals surface area contributed by atoms with Crippen LogP contribution in [0.1, 0.15) is 46.0 Å². The smallest absolute Gasteiger partial charge is 0.314 e. The lowest BCUT2D eigenvalue weighted by Gasteiger charge is -2.35. The topological polar surface area (TPSA) is 78.4 Å². The van der Waals surface area contributed by atoms with Gasteiger partial charge in [0.05, 0.1) is 5.41 Å². The van der Waals surface area contributed by atoms with E-state index in [1.807, 2.05) is 11.8 Å². The number of hydrogen-bond donors (Lipinski definition) is 3. The van der Waals surface area contributed by atoms with Gasteiger partial charge < -0.3 is 15.7 Å². The second kappa shape index (κ2) is 7.20. The van der Waals surface area contributed by atoms with Crippen molar-refractivity contribution in [1.82, 2.24) is 10.6 Å². The summed E-state index contributed by atoms with van der Waals surface area (Å²) in [4.78, 5) is 22.7. The number of urea groups is 1. The highest BCUT2D eigenvalue weighted by molar-refractivity contribution is 8.00. The van der Waals surface area contributed by atoms with E-state index >= 15 is 0 Å². The van der Waals surface area contributed by atoms with Crippen LogP contribution in [0.2, 0.25) is 0 Å². The molecule has 0 heterocycles. The Morgan fingerprint density at radius 1 is 1.20 bits per heavy atom. The first-order chi connectivity index (χ1) is 9.31. The highest BCUT2D eigenvalue weighted by Gasteiger charge is 2.32. The molecule has 1 aliphatic carbocycles. The monoisotopic (exact) mass is 302 g/mol. The Hall–Kier alpha value is -0.910. The molecular formula is C14H26N2O3S. The zero-order valence-electron chi connectivity index (χ0n) is 12.6. The minimum atomic E-state index is -0.945. The molecule has 6 heteroatoms. The van der Waals surface area contributed by atoms with Crippen LogP contribution in [0, 0.1) is 5.41 Å². The molecule has 2 amide bonds. The number of carboxylic acid groups (broad SMARTS) is 1. The quantitative estimate of drug-likeness (QED) is 0.704. The minimum absolute atomic E-state index is 0.125. The lowest BCUT2D eigenvalue weighted by atomic mass is 9.88. The summed E-state index contributed by atoms with van der Waals surface area (Å²) < 4.78 is 0.151. The summed E-state index contributed by atoms with van der Waals surface area (Å²) in [5.74, 6) is -0.911. The van der Waals surface area contributed by atoms with Gasteiger partial charge in [-0.1, -0.05) is 19.3 Å². The lowest BCUT2D eigenvalue weighted by Crippen LogP contribution is -2.48. The number of carbonyl (C=O) groups excluding carboxylic acids is 1. The first-order valence-corrected chi connectivity index (χ1v) is 8.34. The molecule has 0 spiro atoms. The summed E-state index contributed by atoms with van der Waals surface area (Å²) in [6.45, 7) is 3.97. The van der Waals surface area contributed by atoms with Crippen molar-refractivity contribution in [3.63, 3.8) is 0 Å². The SMILES string of the molecule is CSC1(CNC(=O)NCC(C)(C)C(=O)O)CCCCC1. The van der Waals surface area contributed by atoms with Gasteiger partial charge in [-0.2, -0.15) is 11.8 Å². The number of amides is 2. The number of carbonyl (C=O) groups is 2. The maximum Gasteiger partial charge on any atom is 0.314 e. The molecule has 0 atom stereocenters. The minimum Gasteiger partial charge on any atom is -0.481 e. The normalized spacial score (nSPS) is 18.4. The standard InChI is InChI=1S/C14H26N2O3S/c1-13(2,11(17)18)9-15-12(19)16-10-14(20-3)7-5-4-6-8-14/h4-10H2,1-3H3,(H,17,18)(H2,15,16,19). The molecule has 0 aromatic rings. The highest BCUT2D eigenvalue weighted by atomic mass is 32.2. The van der Waals surface area contributed by atoms with Gasteiger partial charge in [0, 0.05) is 17.8 Å². The third kappa shape index (κ3) is 4.89. The zero-order valence-corrected chi connectivity index (χ0v) is 13.4. The molecule has 0 aromatic heterocycles. The van der Waals surface area contributed by atoms with Gasteiger partial charge >= 0.3 is 12.0 Å². The van der Waals surface area contributed by atoms with Gasteiger partial charge in [0.2, 0.25) is 0 Å². The summed E-state index contributed by atoms with van der Waals surface area (Å²) in [5, 5.41) is 14.5. The molecule has 0 unspecified atom stereocenters. The Labute approximate surface area is 125 Å². The Morgan fingerprint density at radius 2 is 1.80 bits per heavy atom. The van der Waals surface area contributed by atoms with Crippen LogP contribution < -0.4 is 10.6 Å². The van der Waals surface area contributed by atoms with Crippen LogP contribution in [0.4, 0.5) is 4.79 Å². The van der Waals surface area contributed by atoms with Gasteiger partial charge in [0.25, 0.3) is 0 Å². The maximum absolute atomic E-state index is 11.8. The van der Waals surface area contributed by atoms with E-state index in [1.165, 1.54) is 19.3 Å². The van der Waals surface area contributed by atoms with Gasteiger partial charge in [-0.15, -0.1) is 0 Å². The molecule has 5 nitrogen and oxygen atoms in total. The molecule has 1 saturated carbocycles. The van der Waals surface area contributed by atoms with Crippen LogP contribution in [-0.4, -0.2) is 41.2 Å². The summed E-state index contributed by atoms with van der Waals surface area (Å²) in [5.41, 5.74) is -0.945. The Kier molecular flexibility index (Phi) is 6.17. The van der Waals surface area contributed by atoms with Crippen molar-refractivity contribution >= 4 is 23.8 Å². The zero-order chi connectivity index (χ0) is 15.2. The van der Waals surface area contributed by atoms with Crippen molar-refractivity contribution in [3.05, 3.63) is 0 Å². The number of nitrogens with one attached hydrogen (secondary N) is 2. The number of hydrogen-bond acceptors (Lipinski definition) is 3. The first-order valence-electron chi connectivity index (χ1n) is 7.12. The van der Waals surface area contributed by atoms with Crippen molar-refractivity contribution in [1.29, 1.82) is 0 Å². The van der Waals surface area contributed by atoms with E-state index in [9.17, 15) is 9.59 Å². The molecule has 0 aliphatic heterocycles. The van der Waals surface area contributed by atoms with E-state index in [2.05, 4.69) is 16.9 Å². The fraction of sp³-hybridized carbons (Fsp3) is 0.857. The summed E-state index contributed by atoms with van der Waals surface area (Å²) >= 11 is 1.83. The van der Waals surface area contributed by atoms with Crippen molar-refractivity contribution < 1.29 is 14.7 Å². The third-order valence-corrected chi connectivity index (χ3v) is 5.46. The first kappa shape index (κ1) is 17.1. The van der Waals surface area contributed by atoms with E-state index in [0.29, 0.717) is 6.54 Å². The van der Waals surface area contributed by atoms with Crippen LogP contribution in [0.3, 0.4) is 0 Å². The van der Waals surface area contributed by atoms with Gasteiger partial charge in [-0.05, 0) is 32.9 Å². The van der Waals surface area contributed by atoms with Crippen LogP contribution in [0.25, 0.3) is 0 Å². The van der Waals surface area contributed by atoms with Crippen molar-refractivity contribution in [2.24, 2.45) is 5.41 Å². The summed E-state index contributed by atoms with van der Waals surface area (Å²) in [7, 11) is 0. The van der Waals surface area contributed by atoms with Crippen molar-refractivity contribution in [2.45, 2.75) is 50.7 Å². The van der Waals surface area contributed by atoms with Gasteiger partial charge in [-0.3, -0.25) is 4.79 Å². The van der Waals surface area contributed by atoms with E-state index < -0.39 is 11.4 Å². The van der Waals surface area contributed by atoms with Crippen LogP contribution in [0.15, 0.2) is 0 Å². The second-order valence-electron chi connectivity index (χ2n) is 6.17. The van der Waals surface area contributed by atoms with Gasteiger partial charge in [0.15, 0.2) is 0 Å². The van der Waals surface area contributed by atoms with E-state index in [4.69, 9.17) is 5.11 Å². The Balaban J connectivity index is 2.37. The molecule has 116 valence electrons. The summed E-state index contributed by atoms with van der Waals surface area (Å²) in [6.07, 6.45) is 8.08. The largest absolute Gasteiger partial charge is 0.481 e. The molecule has 20 heavy (non-hydrogen) atoms. The van der Waals surface area contributed by atoms with E-state index in [1.54, 1.807) is 13.8 Å². The molecule has 1 rings (SSSR count). The van der Waals surface area contributed by atoms with Crippen LogP contribution in [-0.2, 0) is 4.79 Å². The molecular weight excluding hydrogens is 276 g/mol. The van der Waals surface area contributed by atoms with E-state index in [-0.39, 0.29) is 17.3 Å². The molecule has 1 aliphatic rings. The van der Waals surface area contributed by atoms with Gasteiger partial charge in [-0.25, -0.2) is 4.79 Å². The molecule has 0 aromatic carbocycles. The van der Waals surface area contributed by atoms with Crippen molar-refractivity contribution in [3.8, 4) is 0 Å². The predicted molar refractivity (Wildman–Crippen MR) is 82.1 cm³/mol. The third-order valence-electron chi connectivity index (χ3n) is 4.04. The Morgan fingerprint density at radius 3 is 2.30 bits per heavy atom. The number of aliphatic carboxylic acids is 1. The fourth-order valence-electron chi connectivity index (χ4n) is 2.33. The highest BCUT2D eigenvalue weighted by Crippen LogP contribution is 2.37. The van der Waals surface area contributed by atoms with E-state index in [0.717, 1.165) is 12.8 Å². The van der Waals surface area contributed by atoms with Crippen molar-refractivity contribution in [2.75, 3.05) is 19.3 Å². The van der Waals surface area contributed by atoms with Crippen LogP contribution >= 0.6 is 11.8 Å². The van der Waals surface area contributed by atoms with Crippen LogP contribution in [0.5, 0.6) is 0 Å². The molecule has 0 bridgehead atoms. The fourth-order valence-corrected chi connectivity index (χ4v) is 3.24. The molecule has 0 saturated heterocycles. The van der Waals surface area contributed by atoms with Gasteiger partial charge in [0.1, 0.15) is 0 Å². The molecule has 0 radical (unpaired) electrons. The molecule has 3 N–H and O–H groups in total. The maximum atomic E-state index is 11.8. The summed E-state index contributed by atoms with van der Waals surface area (Å²) in [6, 6.07) is -0.279.